The molecule has 2 aromatic carbocycles. The summed E-state index contributed by atoms with van der Waals surface area (Å²) in [4.78, 5) is 12.2. The molecular formula is C21H23NO4. The zero-order valence-corrected chi connectivity index (χ0v) is 15.0. The lowest BCUT2D eigenvalue weighted by Crippen LogP contribution is -2.09. The molecule has 0 saturated carbocycles. The molecule has 0 fully saturated rings. The van der Waals surface area contributed by atoms with Crippen molar-refractivity contribution in [2.45, 2.75) is 6.92 Å². The number of benzene rings is 2. The summed E-state index contributed by atoms with van der Waals surface area (Å²) in [6.45, 7) is 6.44. The standard InChI is InChI=1S/C21H23NO4/c1-4-14-26-19-12-10-16(15-20(19)24-3)11-13-21(23)22-17-8-6-7-9-18(17)25-5-2/h4,6-13,15H,1,5,14H2,2-3H3,(H,22,23)/b13-11+. The summed E-state index contributed by atoms with van der Waals surface area (Å²) in [5, 5.41) is 2.82. The van der Waals surface area contributed by atoms with E-state index in [0.717, 1.165) is 5.56 Å². The molecule has 0 atom stereocenters. The van der Waals surface area contributed by atoms with Gasteiger partial charge in [-0.05, 0) is 42.8 Å². The molecule has 2 rings (SSSR count). The molecule has 0 aliphatic rings. The largest absolute Gasteiger partial charge is 0.493 e. The highest BCUT2D eigenvalue weighted by atomic mass is 16.5. The molecule has 0 unspecified atom stereocenters. The van der Waals surface area contributed by atoms with Crippen LogP contribution in [0.3, 0.4) is 0 Å². The molecule has 0 saturated heterocycles. The number of carbonyl (C=O) groups excluding carboxylic acids is 1. The van der Waals surface area contributed by atoms with Crippen LogP contribution < -0.4 is 19.5 Å². The number of nitrogens with one attached hydrogen (secondary N) is 1. The Balaban J connectivity index is 2.07. The van der Waals surface area contributed by atoms with Gasteiger partial charge in [0.25, 0.3) is 0 Å². The Bertz CT molecular complexity index is 783. The van der Waals surface area contributed by atoms with Gasteiger partial charge >= 0.3 is 0 Å². The first-order valence-corrected chi connectivity index (χ1v) is 8.30. The van der Waals surface area contributed by atoms with Crippen LogP contribution >= 0.6 is 0 Å². The maximum Gasteiger partial charge on any atom is 0.248 e. The maximum absolute atomic E-state index is 12.2. The third kappa shape index (κ3) is 5.41. The Morgan fingerprint density at radius 1 is 1.12 bits per heavy atom. The first-order chi connectivity index (χ1) is 12.7. The monoisotopic (exact) mass is 353 g/mol. The van der Waals surface area contributed by atoms with E-state index in [1.165, 1.54) is 6.08 Å². The van der Waals surface area contributed by atoms with Gasteiger partial charge in [0.15, 0.2) is 11.5 Å². The summed E-state index contributed by atoms with van der Waals surface area (Å²) < 4.78 is 16.3. The van der Waals surface area contributed by atoms with Crippen LogP contribution in [0.2, 0.25) is 0 Å². The Morgan fingerprint density at radius 3 is 2.65 bits per heavy atom. The van der Waals surface area contributed by atoms with Gasteiger partial charge in [-0.25, -0.2) is 0 Å². The number of anilines is 1. The Kier molecular flexibility index (Phi) is 7.31. The molecule has 0 bridgehead atoms. The molecule has 136 valence electrons. The van der Waals surface area contributed by atoms with E-state index in [9.17, 15) is 4.79 Å². The molecule has 0 aliphatic heterocycles. The Morgan fingerprint density at radius 2 is 1.92 bits per heavy atom. The van der Waals surface area contributed by atoms with E-state index in [-0.39, 0.29) is 5.91 Å². The van der Waals surface area contributed by atoms with Gasteiger partial charge < -0.3 is 19.5 Å². The lowest BCUT2D eigenvalue weighted by atomic mass is 10.2. The van der Waals surface area contributed by atoms with Crippen LogP contribution in [0, 0.1) is 0 Å². The first kappa shape index (κ1) is 19.1. The number of hydrogen-bond donors (Lipinski definition) is 1. The summed E-state index contributed by atoms with van der Waals surface area (Å²) >= 11 is 0. The average Bonchev–Trinajstić information content (AvgIpc) is 2.66. The topological polar surface area (TPSA) is 56.8 Å². The van der Waals surface area contributed by atoms with Crippen molar-refractivity contribution >= 4 is 17.7 Å². The van der Waals surface area contributed by atoms with E-state index in [4.69, 9.17) is 14.2 Å². The fraction of sp³-hybridized carbons (Fsp3) is 0.190. The van der Waals surface area contributed by atoms with E-state index in [0.29, 0.717) is 36.1 Å². The van der Waals surface area contributed by atoms with Crippen molar-refractivity contribution in [2.24, 2.45) is 0 Å². The summed E-state index contributed by atoms with van der Waals surface area (Å²) in [6, 6.07) is 12.8. The van der Waals surface area contributed by atoms with E-state index in [1.807, 2.05) is 31.2 Å². The zero-order chi connectivity index (χ0) is 18.8. The van der Waals surface area contributed by atoms with Gasteiger partial charge in [0.2, 0.25) is 5.91 Å². The minimum absolute atomic E-state index is 0.247. The van der Waals surface area contributed by atoms with Gasteiger partial charge in [0, 0.05) is 6.08 Å². The van der Waals surface area contributed by atoms with Crippen LogP contribution in [0.25, 0.3) is 6.08 Å². The van der Waals surface area contributed by atoms with Crippen LogP contribution in [-0.2, 0) is 4.79 Å². The van der Waals surface area contributed by atoms with Gasteiger partial charge in [-0.2, -0.15) is 0 Å². The summed E-state index contributed by atoms with van der Waals surface area (Å²) in [5.41, 5.74) is 1.45. The van der Waals surface area contributed by atoms with Crippen LogP contribution in [0.4, 0.5) is 5.69 Å². The van der Waals surface area contributed by atoms with Gasteiger partial charge in [0.05, 0.1) is 19.4 Å². The number of hydrogen-bond acceptors (Lipinski definition) is 4. The number of carbonyl (C=O) groups is 1. The molecule has 5 heteroatoms. The molecule has 0 heterocycles. The highest BCUT2D eigenvalue weighted by Gasteiger charge is 2.06. The maximum atomic E-state index is 12.2. The molecule has 5 nitrogen and oxygen atoms in total. The van der Waals surface area contributed by atoms with Crippen molar-refractivity contribution in [2.75, 3.05) is 25.6 Å². The molecule has 0 spiro atoms. The number of para-hydroxylation sites is 2. The van der Waals surface area contributed by atoms with Crippen LogP contribution in [0.15, 0.2) is 61.2 Å². The second kappa shape index (κ2) is 9.93. The lowest BCUT2D eigenvalue weighted by Gasteiger charge is -2.10. The van der Waals surface area contributed by atoms with Crippen LogP contribution in [0.1, 0.15) is 12.5 Å². The van der Waals surface area contributed by atoms with Gasteiger partial charge in [-0.15, -0.1) is 0 Å². The van der Waals surface area contributed by atoms with E-state index in [2.05, 4.69) is 11.9 Å². The van der Waals surface area contributed by atoms with Crippen molar-refractivity contribution in [1.82, 2.24) is 0 Å². The van der Waals surface area contributed by atoms with Crippen molar-refractivity contribution < 1.29 is 19.0 Å². The number of amides is 1. The molecule has 0 radical (unpaired) electrons. The van der Waals surface area contributed by atoms with Gasteiger partial charge in [-0.1, -0.05) is 30.9 Å². The highest BCUT2D eigenvalue weighted by Crippen LogP contribution is 2.28. The van der Waals surface area contributed by atoms with Crippen LogP contribution in [-0.4, -0.2) is 26.2 Å². The third-order valence-corrected chi connectivity index (χ3v) is 3.42. The average molecular weight is 353 g/mol. The first-order valence-electron chi connectivity index (χ1n) is 8.30. The Labute approximate surface area is 153 Å². The summed E-state index contributed by atoms with van der Waals surface area (Å²) in [5.74, 6) is 1.61. The molecule has 2 aromatic rings. The van der Waals surface area contributed by atoms with Crippen molar-refractivity contribution in [3.63, 3.8) is 0 Å². The molecule has 0 aromatic heterocycles. The minimum Gasteiger partial charge on any atom is -0.493 e. The second-order valence-corrected chi connectivity index (χ2v) is 5.26. The van der Waals surface area contributed by atoms with E-state index in [1.54, 1.807) is 37.5 Å². The number of ether oxygens (including phenoxy) is 3. The fourth-order valence-electron chi connectivity index (χ4n) is 2.25. The zero-order valence-electron chi connectivity index (χ0n) is 15.0. The second-order valence-electron chi connectivity index (χ2n) is 5.26. The molecular weight excluding hydrogens is 330 g/mol. The quantitative estimate of drug-likeness (QED) is 0.539. The molecule has 1 amide bonds. The van der Waals surface area contributed by atoms with Crippen molar-refractivity contribution in [3.8, 4) is 17.2 Å². The highest BCUT2D eigenvalue weighted by molar-refractivity contribution is 6.02. The van der Waals surface area contributed by atoms with E-state index < -0.39 is 0 Å². The summed E-state index contributed by atoms with van der Waals surface area (Å²) in [6.07, 6.45) is 4.83. The molecule has 1 N–H and O–H groups in total. The van der Waals surface area contributed by atoms with Gasteiger partial charge in [-0.3, -0.25) is 4.79 Å². The van der Waals surface area contributed by atoms with Crippen LogP contribution in [0.5, 0.6) is 17.2 Å². The SMILES string of the molecule is C=CCOc1ccc(/C=C/C(=O)Nc2ccccc2OCC)cc1OC. The molecule has 0 aliphatic carbocycles. The minimum atomic E-state index is -0.247. The normalized spacial score (nSPS) is 10.4. The number of rotatable bonds is 9. The third-order valence-electron chi connectivity index (χ3n) is 3.42. The van der Waals surface area contributed by atoms with Gasteiger partial charge in [0.1, 0.15) is 12.4 Å². The van der Waals surface area contributed by atoms with Crippen molar-refractivity contribution in [1.29, 1.82) is 0 Å². The summed E-state index contributed by atoms with van der Waals surface area (Å²) in [7, 11) is 1.57. The fourth-order valence-corrected chi connectivity index (χ4v) is 2.25. The predicted octanol–water partition coefficient (Wildman–Crippen LogP) is 4.31. The lowest BCUT2D eigenvalue weighted by molar-refractivity contribution is -0.111. The Hall–Kier alpha value is -3.21. The molecule has 26 heavy (non-hydrogen) atoms. The smallest absolute Gasteiger partial charge is 0.248 e. The van der Waals surface area contributed by atoms with E-state index >= 15 is 0 Å². The number of methoxy groups -OCH3 is 1. The van der Waals surface area contributed by atoms with Crippen molar-refractivity contribution in [3.05, 3.63) is 66.8 Å². The predicted molar refractivity (Wildman–Crippen MR) is 104 cm³/mol.